The molecule has 1 aromatic carbocycles. The lowest BCUT2D eigenvalue weighted by Gasteiger charge is -2.15. The van der Waals surface area contributed by atoms with Crippen molar-refractivity contribution < 1.29 is 5.11 Å². The predicted molar refractivity (Wildman–Crippen MR) is 71.0 cm³/mol. The van der Waals surface area contributed by atoms with Gasteiger partial charge in [-0.25, -0.2) is 0 Å². The van der Waals surface area contributed by atoms with Crippen molar-refractivity contribution in [3.8, 4) is 0 Å². The van der Waals surface area contributed by atoms with Crippen LogP contribution in [0.1, 0.15) is 25.1 Å². The molecule has 0 aliphatic carbocycles. The molecule has 90 valence electrons. The van der Waals surface area contributed by atoms with Gasteiger partial charge in [-0.3, -0.25) is 4.98 Å². The highest BCUT2D eigenvalue weighted by molar-refractivity contribution is 5.79. The van der Waals surface area contributed by atoms with E-state index >= 15 is 0 Å². The van der Waals surface area contributed by atoms with Gasteiger partial charge in [0.05, 0.1) is 11.6 Å². The van der Waals surface area contributed by atoms with Crippen molar-refractivity contribution in [1.82, 2.24) is 4.98 Å². The highest BCUT2D eigenvalue weighted by Gasteiger charge is 2.13. The van der Waals surface area contributed by atoms with Crippen LogP contribution >= 0.6 is 0 Å². The van der Waals surface area contributed by atoms with Gasteiger partial charge >= 0.3 is 0 Å². The molecule has 0 aliphatic rings. The molecule has 0 fully saturated rings. The smallest absolute Gasteiger partial charge is 0.0705 e. The monoisotopic (exact) mass is 229 g/mol. The summed E-state index contributed by atoms with van der Waals surface area (Å²) < 4.78 is 0. The summed E-state index contributed by atoms with van der Waals surface area (Å²) >= 11 is 0. The zero-order valence-electron chi connectivity index (χ0n) is 10.6. The van der Waals surface area contributed by atoms with Crippen molar-refractivity contribution in [2.75, 3.05) is 0 Å². The van der Waals surface area contributed by atoms with E-state index in [4.69, 9.17) is 0 Å². The first-order chi connectivity index (χ1) is 8.08. The third-order valence-electron chi connectivity index (χ3n) is 3.19. The first kappa shape index (κ1) is 12.1. The molecular formula is C15H19NO. The Morgan fingerprint density at radius 1 is 1.24 bits per heavy atom. The van der Waals surface area contributed by atoms with E-state index in [9.17, 15) is 5.11 Å². The van der Waals surface area contributed by atoms with Gasteiger partial charge in [-0.2, -0.15) is 0 Å². The van der Waals surface area contributed by atoms with E-state index < -0.39 is 0 Å². The molecule has 2 heteroatoms. The molecule has 2 rings (SSSR count). The number of pyridine rings is 1. The van der Waals surface area contributed by atoms with Crippen molar-refractivity contribution in [2.24, 2.45) is 5.92 Å². The third kappa shape index (κ3) is 2.64. The summed E-state index contributed by atoms with van der Waals surface area (Å²) in [6.07, 6.45) is 0.316. The molecule has 0 aliphatic heterocycles. The summed E-state index contributed by atoms with van der Waals surface area (Å²) in [6.45, 7) is 6.11. The topological polar surface area (TPSA) is 33.1 Å². The van der Waals surface area contributed by atoms with Crippen molar-refractivity contribution in [3.05, 3.63) is 41.6 Å². The van der Waals surface area contributed by atoms with E-state index in [0.29, 0.717) is 6.42 Å². The fraction of sp³-hybridized carbons (Fsp3) is 0.400. The number of hydrogen-bond acceptors (Lipinski definition) is 2. The SMILES string of the molecule is Cc1cc2ccccc2nc1CC(O)C(C)C. The van der Waals surface area contributed by atoms with E-state index in [1.165, 1.54) is 0 Å². The van der Waals surface area contributed by atoms with Gasteiger partial charge in [0, 0.05) is 17.5 Å². The number of aliphatic hydroxyl groups excluding tert-OH is 1. The van der Waals surface area contributed by atoms with Crippen LogP contribution in [-0.4, -0.2) is 16.2 Å². The number of aromatic nitrogens is 1. The molecule has 17 heavy (non-hydrogen) atoms. The first-order valence-electron chi connectivity index (χ1n) is 6.11. The fourth-order valence-electron chi connectivity index (χ4n) is 1.90. The average molecular weight is 229 g/mol. The normalized spacial score (nSPS) is 13.2. The summed E-state index contributed by atoms with van der Waals surface area (Å²) in [6, 6.07) is 10.2. The van der Waals surface area contributed by atoms with E-state index in [1.807, 2.05) is 32.0 Å². The number of benzene rings is 1. The van der Waals surface area contributed by atoms with Gasteiger partial charge in [-0.15, -0.1) is 0 Å². The Morgan fingerprint density at radius 2 is 1.94 bits per heavy atom. The van der Waals surface area contributed by atoms with E-state index in [0.717, 1.165) is 22.2 Å². The Morgan fingerprint density at radius 3 is 2.65 bits per heavy atom. The van der Waals surface area contributed by atoms with Crippen LogP contribution in [0.15, 0.2) is 30.3 Å². The molecule has 1 atom stereocenters. The Hall–Kier alpha value is -1.41. The summed E-state index contributed by atoms with van der Waals surface area (Å²) in [7, 11) is 0. The van der Waals surface area contributed by atoms with E-state index in [-0.39, 0.29) is 12.0 Å². The average Bonchev–Trinajstić information content (AvgIpc) is 2.29. The van der Waals surface area contributed by atoms with Crippen molar-refractivity contribution in [2.45, 2.75) is 33.3 Å². The van der Waals surface area contributed by atoms with Crippen LogP contribution in [0.4, 0.5) is 0 Å². The number of fused-ring (bicyclic) bond motifs is 1. The maximum Gasteiger partial charge on any atom is 0.0705 e. The van der Waals surface area contributed by atoms with Crippen LogP contribution in [0.5, 0.6) is 0 Å². The molecule has 0 radical (unpaired) electrons. The molecule has 1 N–H and O–H groups in total. The molecule has 0 spiro atoms. The number of para-hydroxylation sites is 1. The molecule has 1 unspecified atom stereocenters. The molecule has 2 nitrogen and oxygen atoms in total. The minimum atomic E-state index is -0.317. The second kappa shape index (κ2) is 4.84. The van der Waals surface area contributed by atoms with Crippen molar-refractivity contribution in [1.29, 1.82) is 0 Å². The predicted octanol–water partition coefficient (Wildman–Crippen LogP) is 3.10. The first-order valence-corrected chi connectivity index (χ1v) is 6.11. The van der Waals surface area contributed by atoms with Crippen LogP contribution in [0.2, 0.25) is 0 Å². The maximum atomic E-state index is 9.94. The van der Waals surface area contributed by atoms with Crippen LogP contribution in [0, 0.1) is 12.8 Å². The molecule has 0 saturated heterocycles. The Kier molecular flexibility index (Phi) is 3.43. The molecule has 0 amide bonds. The Bertz CT molecular complexity index is 519. The van der Waals surface area contributed by atoms with Gasteiger partial charge in [-0.05, 0) is 30.5 Å². The highest BCUT2D eigenvalue weighted by atomic mass is 16.3. The van der Waals surface area contributed by atoms with Crippen LogP contribution in [0.25, 0.3) is 10.9 Å². The Balaban J connectivity index is 2.37. The van der Waals surface area contributed by atoms with Crippen molar-refractivity contribution in [3.63, 3.8) is 0 Å². The number of aryl methyl sites for hydroxylation is 1. The molecule has 2 aromatic rings. The zero-order chi connectivity index (χ0) is 12.4. The zero-order valence-corrected chi connectivity index (χ0v) is 10.6. The Labute approximate surface area is 102 Å². The second-order valence-electron chi connectivity index (χ2n) is 4.96. The molecule has 0 saturated carbocycles. The molecule has 0 bridgehead atoms. The van der Waals surface area contributed by atoms with Gasteiger partial charge in [-0.1, -0.05) is 32.0 Å². The number of aliphatic hydroxyl groups is 1. The van der Waals surface area contributed by atoms with Crippen LogP contribution in [0.3, 0.4) is 0 Å². The standard InChI is InChI=1S/C15H19NO/c1-10(2)15(17)9-14-11(3)8-12-6-4-5-7-13(12)16-14/h4-8,10,15,17H,9H2,1-3H3. The molecule has 1 heterocycles. The van der Waals surface area contributed by atoms with Gasteiger partial charge in [0.25, 0.3) is 0 Å². The van der Waals surface area contributed by atoms with Crippen LogP contribution in [-0.2, 0) is 6.42 Å². The minimum absolute atomic E-state index is 0.266. The van der Waals surface area contributed by atoms with Gasteiger partial charge < -0.3 is 5.11 Å². The number of hydrogen-bond donors (Lipinski definition) is 1. The fourth-order valence-corrected chi connectivity index (χ4v) is 1.90. The third-order valence-corrected chi connectivity index (χ3v) is 3.19. The lowest BCUT2D eigenvalue weighted by Crippen LogP contribution is -2.19. The van der Waals surface area contributed by atoms with E-state index in [1.54, 1.807) is 0 Å². The van der Waals surface area contributed by atoms with Gasteiger partial charge in [0.15, 0.2) is 0 Å². The number of rotatable bonds is 3. The number of nitrogens with zero attached hydrogens (tertiary/aromatic N) is 1. The van der Waals surface area contributed by atoms with Crippen LogP contribution < -0.4 is 0 Å². The van der Waals surface area contributed by atoms with Crippen molar-refractivity contribution >= 4 is 10.9 Å². The summed E-state index contributed by atoms with van der Waals surface area (Å²) in [5.74, 6) is 0.266. The molecular weight excluding hydrogens is 210 g/mol. The largest absolute Gasteiger partial charge is 0.392 e. The van der Waals surface area contributed by atoms with Gasteiger partial charge in [0.2, 0.25) is 0 Å². The minimum Gasteiger partial charge on any atom is -0.392 e. The second-order valence-corrected chi connectivity index (χ2v) is 4.96. The van der Waals surface area contributed by atoms with E-state index in [2.05, 4.69) is 24.0 Å². The molecule has 1 aromatic heterocycles. The lowest BCUT2D eigenvalue weighted by atomic mass is 9.99. The summed E-state index contributed by atoms with van der Waals surface area (Å²) in [5, 5.41) is 11.1. The van der Waals surface area contributed by atoms with Gasteiger partial charge in [0.1, 0.15) is 0 Å². The lowest BCUT2D eigenvalue weighted by molar-refractivity contribution is 0.124. The quantitative estimate of drug-likeness (QED) is 0.877. The maximum absolute atomic E-state index is 9.94. The summed E-state index contributed by atoms with van der Waals surface area (Å²) in [4.78, 5) is 4.64. The highest BCUT2D eigenvalue weighted by Crippen LogP contribution is 2.18. The summed E-state index contributed by atoms with van der Waals surface area (Å²) in [5.41, 5.74) is 3.16.